The van der Waals surface area contributed by atoms with E-state index in [0.717, 1.165) is 6.42 Å². The highest BCUT2D eigenvalue weighted by molar-refractivity contribution is 6.36. The zero-order chi connectivity index (χ0) is 8.97. The van der Waals surface area contributed by atoms with E-state index in [2.05, 4.69) is 0 Å². The Labute approximate surface area is 71.5 Å². The first kappa shape index (κ1) is 9.19. The van der Waals surface area contributed by atoms with E-state index in [4.69, 9.17) is 4.74 Å². The molecule has 1 fully saturated rings. The Morgan fingerprint density at radius 3 is 2.92 bits per heavy atom. The van der Waals surface area contributed by atoms with Gasteiger partial charge in [-0.05, 0) is 6.42 Å². The minimum atomic E-state index is -0.349. The third-order valence-corrected chi connectivity index (χ3v) is 1.92. The van der Waals surface area contributed by atoms with Crippen molar-refractivity contribution in [3.8, 4) is 0 Å². The molecule has 1 aliphatic rings. The summed E-state index contributed by atoms with van der Waals surface area (Å²) in [4.78, 5) is 23.6. The van der Waals surface area contributed by atoms with Crippen molar-refractivity contribution in [3.63, 3.8) is 0 Å². The molecule has 0 aliphatic carbocycles. The van der Waals surface area contributed by atoms with Crippen LogP contribution in [0, 0.1) is 0 Å². The normalized spacial score (nSPS) is 18.6. The van der Waals surface area contributed by atoms with Crippen LogP contribution in [0.25, 0.3) is 0 Å². The fourth-order valence-electron chi connectivity index (χ4n) is 1.23. The number of piperidine rings is 1. The predicted octanol–water partition coefficient (Wildman–Crippen LogP) is -0.176. The lowest BCUT2D eigenvalue weighted by Crippen LogP contribution is -2.43. The smallest absolute Gasteiger partial charge is 0.290 e. The monoisotopic (exact) mass is 171 g/mol. The molecule has 0 saturated carbocycles. The Morgan fingerprint density at radius 1 is 1.50 bits per heavy atom. The van der Waals surface area contributed by atoms with Gasteiger partial charge < -0.3 is 9.64 Å². The van der Waals surface area contributed by atoms with Crippen molar-refractivity contribution >= 4 is 11.7 Å². The van der Waals surface area contributed by atoms with Crippen molar-refractivity contribution in [1.82, 2.24) is 4.90 Å². The van der Waals surface area contributed by atoms with E-state index in [1.807, 2.05) is 0 Å². The predicted molar refractivity (Wildman–Crippen MR) is 42.7 cm³/mol. The summed E-state index contributed by atoms with van der Waals surface area (Å²) in [5.74, 6) is -0.615. The maximum absolute atomic E-state index is 11.2. The van der Waals surface area contributed by atoms with Crippen molar-refractivity contribution in [2.75, 3.05) is 26.8 Å². The molecule has 1 amide bonds. The Balaban J connectivity index is 2.41. The van der Waals surface area contributed by atoms with E-state index in [1.165, 1.54) is 0 Å². The summed E-state index contributed by atoms with van der Waals surface area (Å²) in [5, 5.41) is 0. The number of hydrogen-bond acceptors (Lipinski definition) is 3. The van der Waals surface area contributed by atoms with Gasteiger partial charge in [0.25, 0.3) is 5.91 Å². The number of nitrogens with zero attached hydrogens (tertiary/aromatic N) is 1. The zero-order valence-electron chi connectivity index (χ0n) is 7.21. The van der Waals surface area contributed by atoms with Crippen molar-refractivity contribution in [3.05, 3.63) is 0 Å². The van der Waals surface area contributed by atoms with Crippen LogP contribution in [0.3, 0.4) is 0 Å². The Kier molecular flexibility index (Phi) is 3.22. The lowest BCUT2D eigenvalue weighted by molar-refractivity contribution is -0.147. The highest BCUT2D eigenvalue weighted by Gasteiger charge is 2.25. The molecule has 12 heavy (non-hydrogen) atoms. The molecule has 68 valence electrons. The summed E-state index contributed by atoms with van der Waals surface area (Å²) in [6.07, 6.45) is 1.19. The topological polar surface area (TPSA) is 46.6 Å². The van der Waals surface area contributed by atoms with Crippen LogP contribution in [-0.2, 0) is 14.3 Å². The van der Waals surface area contributed by atoms with E-state index in [9.17, 15) is 9.59 Å². The van der Waals surface area contributed by atoms with Gasteiger partial charge in [-0.1, -0.05) is 0 Å². The maximum Gasteiger partial charge on any atom is 0.290 e. The number of likely N-dealkylation sites (tertiary alicyclic amines) is 1. The van der Waals surface area contributed by atoms with Gasteiger partial charge in [0, 0.05) is 26.6 Å². The molecular formula is C8H13NO3. The number of hydrogen-bond donors (Lipinski definition) is 0. The van der Waals surface area contributed by atoms with Crippen LogP contribution in [0.15, 0.2) is 0 Å². The second-order valence-electron chi connectivity index (χ2n) is 2.81. The first-order valence-electron chi connectivity index (χ1n) is 4.06. The Morgan fingerprint density at radius 2 is 2.25 bits per heavy atom. The fraction of sp³-hybridized carbons (Fsp3) is 0.750. The first-order valence-corrected chi connectivity index (χ1v) is 4.06. The van der Waals surface area contributed by atoms with Gasteiger partial charge in [0.2, 0.25) is 5.78 Å². The Hall–Kier alpha value is -0.900. The van der Waals surface area contributed by atoms with Gasteiger partial charge in [-0.2, -0.15) is 0 Å². The van der Waals surface area contributed by atoms with Gasteiger partial charge in [-0.15, -0.1) is 0 Å². The average molecular weight is 171 g/mol. The fourth-order valence-corrected chi connectivity index (χ4v) is 1.23. The third-order valence-electron chi connectivity index (χ3n) is 1.92. The maximum atomic E-state index is 11.2. The largest absolute Gasteiger partial charge is 0.383 e. The molecule has 1 heterocycles. The van der Waals surface area contributed by atoms with Crippen LogP contribution >= 0.6 is 0 Å². The molecule has 0 aromatic carbocycles. The lowest BCUT2D eigenvalue weighted by atomic mass is 10.1. The van der Waals surface area contributed by atoms with Gasteiger partial charge in [0.05, 0.1) is 6.61 Å². The molecule has 1 rings (SSSR count). The molecule has 0 radical (unpaired) electrons. The van der Waals surface area contributed by atoms with Crippen LogP contribution in [0.2, 0.25) is 0 Å². The molecule has 4 heteroatoms. The summed E-state index contributed by atoms with van der Waals surface area (Å²) in [6.45, 7) is 1.72. The van der Waals surface area contributed by atoms with Gasteiger partial charge in [-0.25, -0.2) is 0 Å². The van der Waals surface area contributed by atoms with Crippen LogP contribution in [0.1, 0.15) is 12.8 Å². The van der Waals surface area contributed by atoms with Crippen LogP contribution < -0.4 is 0 Å². The minimum Gasteiger partial charge on any atom is -0.383 e. The molecule has 0 N–H and O–H groups in total. The Bertz CT molecular complexity index is 191. The van der Waals surface area contributed by atoms with Crippen LogP contribution in [0.4, 0.5) is 0 Å². The van der Waals surface area contributed by atoms with Crippen molar-refractivity contribution in [2.45, 2.75) is 12.8 Å². The van der Waals surface area contributed by atoms with Crippen molar-refractivity contribution in [1.29, 1.82) is 0 Å². The number of carbonyl (C=O) groups excluding carboxylic acids is 2. The van der Waals surface area contributed by atoms with Gasteiger partial charge in [-0.3, -0.25) is 9.59 Å². The molecule has 0 unspecified atom stereocenters. The second kappa shape index (κ2) is 4.21. The summed E-state index contributed by atoms with van der Waals surface area (Å²) in [6, 6.07) is 0. The molecule has 1 aliphatic heterocycles. The number of carbonyl (C=O) groups is 2. The number of ketones is 1. The van der Waals surface area contributed by atoms with Gasteiger partial charge >= 0.3 is 0 Å². The van der Waals surface area contributed by atoms with Gasteiger partial charge in [0.1, 0.15) is 0 Å². The zero-order valence-corrected chi connectivity index (χ0v) is 7.21. The van der Waals surface area contributed by atoms with E-state index < -0.39 is 0 Å². The van der Waals surface area contributed by atoms with E-state index in [1.54, 1.807) is 12.0 Å². The van der Waals surface area contributed by atoms with Crippen LogP contribution in [-0.4, -0.2) is 43.4 Å². The number of methoxy groups -OCH3 is 1. The molecule has 0 aromatic heterocycles. The number of ether oxygens (including phenoxy) is 1. The molecule has 0 bridgehead atoms. The molecular weight excluding hydrogens is 158 g/mol. The van der Waals surface area contributed by atoms with E-state index in [-0.39, 0.29) is 11.7 Å². The minimum absolute atomic E-state index is 0.266. The summed E-state index contributed by atoms with van der Waals surface area (Å²) in [5.41, 5.74) is 0. The van der Waals surface area contributed by atoms with E-state index in [0.29, 0.717) is 26.1 Å². The molecule has 0 spiro atoms. The standard InChI is InChI=1S/C8H13NO3/c1-12-6-5-9-4-2-3-7(10)8(9)11/h2-6H2,1H3. The van der Waals surface area contributed by atoms with Crippen molar-refractivity contribution in [2.24, 2.45) is 0 Å². The number of amides is 1. The van der Waals surface area contributed by atoms with Gasteiger partial charge in [0.15, 0.2) is 0 Å². The molecule has 0 atom stereocenters. The highest BCUT2D eigenvalue weighted by Crippen LogP contribution is 2.06. The number of Topliss-reactive ketones (excluding diaryl/α,β-unsaturated/α-hetero) is 1. The summed E-state index contributed by atoms with van der Waals surface area (Å²) in [7, 11) is 1.58. The molecule has 0 aromatic rings. The second-order valence-corrected chi connectivity index (χ2v) is 2.81. The third kappa shape index (κ3) is 2.04. The highest BCUT2D eigenvalue weighted by atomic mass is 16.5. The SMILES string of the molecule is COCCN1CCCC(=O)C1=O. The molecule has 1 saturated heterocycles. The first-order chi connectivity index (χ1) is 5.75. The summed E-state index contributed by atoms with van der Waals surface area (Å²) < 4.78 is 4.82. The number of rotatable bonds is 3. The average Bonchev–Trinajstić information content (AvgIpc) is 2.08. The lowest BCUT2D eigenvalue weighted by Gasteiger charge is -2.24. The van der Waals surface area contributed by atoms with E-state index >= 15 is 0 Å². The van der Waals surface area contributed by atoms with Crippen LogP contribution in [0.5, 0.6) is 0 Å². The van der Waals surface area contributed by atoms with Crippen molar-refractivity contribution < 1.29 is 14.3 Å². The summed E-state index contributed by atoms with van der Waals surface area (Å²) >= 11 is 0. The quantitative estimate of drug-likeness (QED) is 0.553. The molecule has 4 nitrogen and oxygen atoms in total.